The minimum absolute atomic E-state index is 0.0154. The van der Waals surface area contributed by atoms with Crippen LogP contribution in [0.25, 0.3) is 5.52 Å². The van der Waals surface area contributed by atoms with Crippen LogP contribution in [0.1, 0.15) is 44.0 Å². The second-order valence-corrected chi connectivity index (χ2v) is 7.52. The molecule has 0 bridgehead atoms. The molecule has 0 unspecified atom stereocenters. The molecule has 2 aromatic heterocycles. The summed E-state index contributed by atoms with van der Waals surface area (Å²) in [6.45, 7) is 5.51. The van der Waals surface area contributed by atoms with Gasteiger partial charge in [0.1, 0.15) is 5.60 Å². The number of pyridine rings is 1. The lowest BCUT2D eigenvalue weighted by molar-refractivity contribution is -0.136. The molecule has 1 amide bonds. The number of hydrogen-bond acceptors (Lipinski definition) is 3. The monoisotopic (exact) mass is 344 g/mol. The van der Waals surface area contributed by atoms with Crippen molar-refractivity contribution in [2.24, 2.45) is 0 Å². The number of carbonyl (C=O) groups is 2. The number of aliphatic carboxylic acids is 1. The Morgan fingerprint density at radius 3 is 2.80 bits per heavy atom. The summed E-state index contributed by atoms with van der Waals surface area (Å²) in [5, 5.41) is 12.2. The van der Waals surface area contributed by atoms with E-state index in [1.54, 1.807) is 0 Å². The molecular weight excluding hydrogens is 320 g/mol. The highest BCUT2D eigenvalue weighted by Crippen LogP contribution is 2.31. The first-order valence-corrected chi connectivity index (χ1v) is 8.55. The average molecular weight is 344 g/mol. The summed E-state index contributed by atoms with van der Waals surface area (Å²) in [6, 6.07) is 5.79. The molecule has 2 N–H and O–H groups in total. The number of nitrogens with one attached hydrogen (secondary N) is 1. The normalized spacial score (nSPS) is 17.2. The summed E-state index contributed by atoms with van der Waals surface area (Å²) < 4.78 is 7.39. The van der Waals surface area contributed by atoms with Gasteiger partial charge in [0.2, 0.25) is 0 Å². The van der Waals surface area contributed by atoms with Gasteiger partial charge in [-0.3, -0.25) is 4.79 Å². The van der Waals surface area contributed by atoms with Gasteiger partial charge in [-0.25, -0.2) is 4.79 Å². The third-order valence-corrected chi connectivity index (χ3v) is 4.40. The first-order valence-electron chi connectivity index (χ1n) is 8.55. The highest BCUT2D eigenvalue weighted by Gasteiger charge is 2.28. The van der Waals surface area contributed by atoms with Crippen molar-refractivity contribution in [1.29, 1.82) is 0 Å². The first-order chi connectivity index (χ1) is 11.7. The van der Waals surface area contributed by atoms with Gasteiger partial charge in [-0.15, -0.1) is 0 Å². The molecule has 0 spiro atoms. The van der Waals surface area contributed by atoms with Gasteiger partial charge in [-0.05, 0) is 56.9 Å². The van der Waals surface area contributed by atoms with Crippen molar-refractivity contribution >= 4 is 17.6 Å². The molecule has 0 aliphatic heterocycles. The van der Waals surface area contributed by atoms with Crippen molar-refractivity contribution in [2.75, 3.05) is 0 Å². The van der Waals surface area contributed by atoms with E-state index < -0.39 is 17.7 Å². The molecule has 0 radical (unpaired) electrons. The van der Waals surface area contributed by atoms with Gasteiger partial charge in [0.25, 0.3) is 0 Å². The highest BCUT2D eigenvalue weighted by atomic mass is 16.6. The molecule has 6 heteroatoms. The fourth-order valence-corrected chi connectivity index (χ4v) is 3.52. The second kappa shape index (κ2) is 6.43. The largest absolute Gasteiger partial charge is 0.481 e. The molecule has 0 saturated carbocycles. The molecule has 134 valence electrons. The average Bonchev–Trinajstić information content (AvgIpc) is 2.79. The molecule has 1 aliphatic rings. The van der Waals surface area contributed by atoms with Gasteiger partial charge in [-0.1, -0.05) is 6.07 Å². The van der Waals surface area contributed by atoms with Crippen LogP contribution in [0.2, 0.25) is 0 Å². The van der Waals surface area contributed by atoms with Crippen LogP contribution in [-0.2, 0) is 28.8 Å². The number of alkyl carbamates (subject to hydrolysis) is 1. The number of rotatable bonds is 3. The standard InChI is InChI=1S/C19H24N2O4/c1-19(2,3)25-18(24)20-12-7-8-13-14(11-17(22)23)15-6-4-5-9-21(15)16(13)10-12/h4-6,9,12H,7-8,10-11H2,1-3H3,(H,20,24)(H,22,23)/t12-/m1/s1. The Bertz CT molecular complexity index is 817. The molecule has 25 heavy (non-hydrogen) atoms. The van der Waals surface area contributed by atoms with Crippen LogP contribution >= 0.6 is 0 Å². The highest BCUT2D eigenvalue weighted by molar-refractivity contribution is 5.77. The van der Waals surface area contributed by atoms with Gasteiger partial charge in [0.05, 0.1) is 6.42 Å². The van der Waals surface area contributed by atoms with Gasteiger partial charge >= 0.3 is 12.1 Å². The van der Waals surface area contributed by atoms with Gasteiger partial charge in [-0.2, -0.15) is 0 Å². The summed E-state index contributed by atoms with van der Waals surface area (Å²) in [4.78, 5) is 23.3. The lowest BCUT2D eigenvalue weighted by Crippen LogP contribution is -2.42. The Balaban J connectivity index is 1.86. The van der Waals surface area contributed by atoms with Crippen molar-refractivity contribution in [1.82, 2.24) is 9.72 Å². The van der Waals surface area contributed by atoms with E-state index in [9.17, 15) is 14.7 Å². The minimum atomic E-state index is -0.826. The third kappa shape index (κ3) is 3.78. The molecule has 0 aromatic carbocycles. The Kier molecular flexibility index (Phi) is 4.45. The molecule has 6 nitrogen and oxygen atoms in total. The van der Waals surface area contributed by atoms with E-state index in [0.717, 1.165) is 35.2 Å². The van der Waals surface area contributed by atoms with Crippen LogP contribution < -0.4 is 5.32 Å². The van der Waals surface area contributed by atoms with E-state index in [0.29, 0.717) is 6.42 Å². The zero-order valence-electron chi connectivity index (χ0n) is 14.8. The first kappa shape index (κ1) is 17.3. The Labute approximate surface area is 146 Å². The summed E-state index contributed by atoms with van der Waals surface area (Å²) >= 11 is 0. The van der Waals surface area contributed by atoms with Crippen molar-refractivity contribution in [3.63, 3.8) is 0 Å². The number of fused-ring (bicyclic) bond motifs is 3. The summed E-state index contributed by atoms with van der Waals surface area (Å²) in [5.74, 6) is -0.826. The van der Waals surface area contributed by atoms with Crippen LogP contribution in [0.15, 0.2) is 24.4 Å². The van der Waals surface area contributed by atoms with E-state index in [1.165, 1.54) is 0 Å². The topological polar surface area (TPSA) is 80.0 Å². The number of aromatic nitrogens is 1. The molecule has 1 atom stereocenters. The zero-order valence-corrected chi connectivity index (χ0v) is 14.8. The minimum Gasteiger partial charge on any atom is -0.481 e. The molecule has 3 rings (SSSR count). The molecule has 2 aromatic rings. The van der Waals surface area contributed by atoms with E-state index in [4.69, 9.17) is 4.74 Å². The van der Waals surface area contributed by atoms with Gasteiger partial charge in [0.15, 0.2) is 0 Å². The molecule has 0 fully saturated rings. The Hall–Kier alpha value is -2.50. The third-order valence-electron chi connectivity index (χ3n) is 4.40. The number of hydrogen-bond donors (Lipinski definition) is 2. The van der Waals surface area contributed by atoms with E-state index in [2.05, 4.69) is 9.72 Å². The number of amides is 1. The van der Waals surface area contributed by atoms with E-state index >= 15 is 0 Å². The predicted octanol–water partition coefficient (Wildman–Crippen LogP) is 2.95. The fourth-order valence-electron chi connectivity index (χ4n) is 3.52. The van der Waals surface area contributed by atoms with Crippen LogP contribution in [0.3, 0.4) is 0 Å². The number of carboxylic acid groups (broad SMARTS) is 1. The molecule has 2 heterocycles. The van der Waals surface area contributed by atoms with Crippen LogP contribution in [0.4, 0.5) is 4.79 Å². The molecule has 1 aliphatic carbocycles. The SMILES string of the molecule is CC(C)(C)OC(=O)N[C@@H]1CCc2c(CC(=O)O)c3ccccn3c2C1. The van der Waals surface area contributed by atoms with Crippen molar-refractivity contribution < 1.29 is 19.4 Å². The smallest absolute Gasteiger partial charge is 0.407 e. The van der Waals surface area contributed by atoms with Crippen molar-refractivity contribution in [3.8, 4) is 0 Å². The summed E-state index contributed by atoms with van der Waals surface area (Å²) in [6.07, 6.45) is 3.75. The Morgan fingerprint density at radius 2 is 2.12 bits per heavy atom. The van der Waals surface area contributed by atoms with Crippen LogP contribution in [0.5, 0.6) is 0 Å². The second-order valence-electron chi connectivity index (χ2n) is 7.52. The fraction of sp³-hybridized carbons (Fsp3) is 0.474. The van der Waals surface area contributed by atoms with Gasteiger partial charge < -0.3 is 19.6 Å². The quantitative estimate of drug-likeness (QED) is 0.897. The predicted molar refractivity (Wildman–Crippen MR) is 93.9 cm³/mol. The lowest BCUT2D eigenvalue weighted by atomic mass is 9.90. The molecule has 0 saturated heterocycles. The lowest BCUT2D eigenvalue weighted by Gasteiger charge is -2.26. The number of ether oxygens (including phenoxy) is 1. The maximum Gasteiger partial charge on any atom is 0.407 e. The van der Waals surface area contributed by atoms with Crippen molar-refractivity contribution in [3.05, 3.63) is 41.2 Å². The number of nitrogens with zero attached hydrogens (tertiary/aromatic N) is 1. The van der Waals surface area contributed by atoms with E-state index in [1.807, 2.05) is 45.2 Å². The maximum absolute atomic E-state index is 12.0. The van der Waals surface area contributed by atoms with Crippen molar-refractivity contribution in [2.45, 2.75) is 58.1 Å². The zero-order chi connectivity index (χ0) is 18.2. The van der Waals surface area contributed by atoms with E-state index in [-0.39, 0.29) is 12.5 Å². The van der Waals surface area contributed by atoms with Crippen LogP contribution in [0, 0.1) is 0 Å². The number of carbonyl (C=O) groups excluding carboxylic acids is 1. The van der Waals surface area contributed by atoms with Gasteiger partial charge in [0, 0.05) is 29.9 Å². The summed E-state index contributed by atoms with van der Waals surface area (Å²) in [5.41, 5.74) is 3.49. The summed E-state index contributed by atoms with van der Waals surface area (Å²) in [7, 11) is 0. The Morgan fingerprint density at radius 1 is 1.36 bits per heavy atom. The number of carboxylic acids is 1. The maximum atomic E-state index is 12.0. The van der Waals surface area contributed by atoms with Crippen LogP contribution in [-0.4, -0.2) is 33.2 Å². The molecular formula is C19H24N2O4.